The van der Waals surface area contributed by atoms with Crippen LogP contribution in [0.5, 0.6) is 0 Å². The molecule has 3 heteroatoms. The highest BCUT2D eigenvalue weighted by molar-refractivity contribution is 5.76. The first-order valence-electron chi connectivity index (χ1n) is 5.21. The van der Waals surface area contributed by atoms with Crippen molar-refractivity contribution in [3.8, 4) is 5.69 Å². The minimum Gasteiger partial charge on any atom is -0.298 e. The monoisotopic (exact) mass is 214 g/mol. The fourth-order valence-electron chi connectivity index (χ4n) is 1.80. The number of aromatic nitrogens is 2. The summed E-state index contributed by atoms with van der Waals surface area (Å²) in [6.07, 6.45) is 0.856. The summed E-state index contributed by atoms with van der Waals surface area (Å²) in [5, 5.41) is 4.42. The molecule has 0 aliphatic heterocycles. The number of hydrogen-bond acceptors (Lipinski definition) is 2. The Bertz CT molecular complexity index is 541. The second kappa shape index (κ2) is 3.93. The maximum Gasteiger partial charge on any atom is 0.150 e. The molecule has 0 saturated carbocycles. The molecule has 0 bridgehead atoms. The molecule has 2 rings (SSSR count). The van der Waals surface area contributed by atoms with E-state index in [2.05, 4.69) is 5.10 Å². The maximum atomic E-state index is 10.8. The summed E-state index contributed by atoms with van der Waals surface area (Å²) in [4.78, 5) is 10.8. The summed E-state index contributed by atoms with van der Waals surface area (Å²) in [7, 11) is 0. The van der Waals surface area contributed by atoms with Gasteiger partial charge in [0.05, 0.1) is 11.4 Å². The molecular weight excluding hydrogens is 200 g/mol. The van der Waals surface area contributed by atoms with Crippen molar-refractivity contribution in [2.24, 2.45) is 0 Å². The van der Waals surface area contributed by atoms with Crippen molar-refractivity contribution in [3.63, 3.8) is 0 Å². The van der Waals surface area contributed by atoms with Gasteiger partial charge < -0.3 is 0 Å². The predicted molar refractivity (Wildman–Crippen MR) is 63.2 cm³/mol. The lowest BCUT2D eigenvalue weighted by Gasteiger charge is -2.08. The van der Waals surface area contributed by atoms with Crippen LogP contribution in [0.15, 0.2) is 24.3 Å². The molecule has 1 heterocycles. The van der Waals surface area contributed by atoms with Crippen LogP contribution in [0.25, 0.3) is 5.69 Å². The molecule has 0 N–H and O–H groups in total. The van der Waals surface area contributed by atoms with Crippen molar-refractivity contribution in [1.82, 2.24) is 9.78 Å². The van der Waals surface area contributed by atoms with Crippen LogP contribution in [-0.2, 0) is 0 Å². The van der Waals surface area contributed by atoms with Gasteiger partial charge in [-0.3, -0.25) is 4.79 Å². The van der Waals surface area contributed by atoms with E-state index in [4.69, 9.17) is 0 Å². The number of aldehydes is 1. The van der Waals surface area contributed by atoms with Gasteiger partial charge in [-0.25, -0.2) is 4.68 Å². The third-order valence-corrected chi connectivity index (χ3v) is 2.61. The zero-order valence-corrected chi connectivity index (χ0v) is 9.69. The topological polar surface area (TPSA) is 34.9 Å². The highest BCUT2D eigenvalue weighted by Gasteiger charge is 2.07. The third-order valence-electron chi connectivity index (χ3n) is 2.61. The van der Waals surface area contributed by atoms with Crippen LogP contribution in [0.4, 0.5) is 0 Å². The molecule has 0 unspecified atom stereocenters. The van der Waals surface area contributed by atoms with Gasteiger partial charge in [0.2, 0.25) is 0 Å². The molecule has 0 atom stereocenters. The molecule has 0 saturated heterocycles. The van der Waals surface area contributed by atoms with E-state index in [1.165, 1.54) is 0 Å². The lowest BCUT2D eigenvalue weighted by molar-refractivity contribution is 0.112. The fourth-order valence-corrected chi connectivity index (χ4v) is 1.80. The Hall–Kier alpha value is -1.90. The number of carbonyl (C=O) groups excluding carboxylic acids is 1. The van der Waals surface area contributed by atoms with E-state index in [0.29, 0.717) is 5.56 Å². The Morgan fingerprint density at radius 2 is 1.94 bits per heavy atom. The molecule has 0 radical (unpaired) electrons. The number of hydrogen-bond donors (Lipinski definition) is 0. The van der Waals surface area contributed by atoms with Crippen LogP contribution in [-0.4, -0.2) is 16.1 Å². The molecule has 0 aliphatic rings. The van der Waals surface area contributed by atoms with E-state index in [1.54, 1.807) is 0 Å². The second-order valence-corrected chi connectivity index (χ2v) is 4.00. The van der Waals surface area contributed by atoms with E-state index >= 15 is 0 Å². The Labute approximate surface area is 94.7 Å². The van der Waals surface area contributed by atoms with Gasteiger partial charge in [0.25, 0.3) is 0 Å². The molecule has 0 amide bonds. The number of carbonyl (C=O) groups is 1. The average Bonchev–Trinajstić information content (AvgIpc) is 2.58. The molecule has 2 aromatic rings. The summed E-state index contributed by atoms with van der Waals surface area (Å²) < 4.78 is 1.87. The number of aryl methyl sites for hydroxylation is 3. The zero-order valence-electron chi connectivity index (χ0n) is 9.69. The van der Waals surface area contributed by atoms with Crippen molar-refractivity contribution < 1.29 is 4.79 Å². The zero-order chi connectivity index (χ0) is 11.7. The molecule has 82 valence electrons. The van der Waals surface area contributed by atoms with Gasteiger partial charge in [-0.05, 0) is 38.5 Å². The fraction of sp³-hybridized carbons (Fsp3) is 0.231. The minimum absolute atomic E-state index is 0.674. The van der Waals surface area contributed by atoms with Crippen LogP contribution in [0.3, 0.4) is 0 Å². The van der Waals surface area contributed by atoms with Gasteiger partial charge in [0.1, 0.15) is 6.29 Å². The van der Waals surface area contributed by atoms with Gasteiger partial charge in [-0.15, -0.1) is 0 Å². The van der Waals surface area contributed by atoms with Crippen LogP contribution >= 0.6 is 0 Å². The largest absolute Gasteiger partial charge is 0.298 e. The maximum absolute atomic E-state index is 10.8. The number of rotatable bonds is 2. The predicted octanol–water partition coefficient (Wildman–Crippen LogP) is 2.61. The highest BCUT2D eigenvalue weighted by atomic mass is 16.1. The lowest BCUT2D eigenvalue weighted by Crippen LogP contribution is -2.02. The Morgan fingerprint density at radius 3 is 2.50 bits per heavy atom. The number of nitrogens with zero attached hydrogens (tertiary/aromatic N) is 2. The molecule has 0 fully saturated rings. The van der Waals surface area contributed by atoms with E-state index in [9.17, 15) is 4.79 Å². The second-order valence-electron chi connectivity index (χ2n) is 4.00. The Morgan fingerprint density at radius 1 is 1.19 bits per heavy atom. The molecule has 16 heavy (non-hydrogen) atoms. The average molecular weight is 214 g/mol. The first kappa shape index (κ1) is 10.6. The molecular formula is C13H14N2O. The third kappa shape index (κ3) is 1.76. The summed E-state index contributed by atoms with van der Waals surface area (Å²) in [6, 6.07) is 7.64. The van der Waals surface area contributed by atoms with Gasteiger partial charge in [-0.1, -0.05) is 12.1 Å². The van der Waals surface area contributed by atoms with E-state index in [-0.39, 0.29) is 0 Å². The summed E-state index contributed by atoms with van der Waals surface area (Å²) in [5.41, 5.74) is 4.80. The van der Waals surface area contributed by atoms with Crippen molar-refractivity contribution in [2.45, 2.75) is 20.8 Å². The van der Waals surface area contributed by atoms with Gasteiger partial charge >= 0.3 is 0 Å². The van der Waals surface area contributed by atoms with Crippen LogP contribution in [0.2, 0.25) is 0 Å². The van der Waals surface area contributed by atoms with Gasteiger partial charge in [0, 0.05) is 11.3 Å². The Balaban J connectivity index is 2.62. The first-order valence-corrected chi connectivity index (χ1v) is 5.21. The van der Waals surface area contributed by atoms with E-state index < -0.39 is 0 Å². The van der Waals surface area contributed by atoms with Gasteiger partial charge in [0.15, 0.2) is 0 Å². The number of benzene rings is 1. The Kier molecular flexibility index (Phi) is 2.60. The molecule has 1 aromatic heterocycles. The van der Waals surface area contributed by atoms with Crippen molar-refractivity contribution >= 4 is 6.29 Å². The molecule has 0 spiro atoms. The van der Waals surface area contributed by atoms with Crippen LogP contribution in [0, 0.1) is 20.8 Å². The van der Waals surface area contributed by atoms with Crippen LogP contribution in [0.1, 0.15) is 27.3 Å². The normalized spacial score (nSPS) is 10.4. The smallest absolute Gasteiger partial charge is 0.150 e. The first-order chi connectivity index (χ1) is 7.61. The minimum atomic E-state index is 0.674. The molecule has 3 nitrogen and oxygen atoms in total. The van der Waals surface area contributed by atoms with E-state index in [0.717, 1.165) is 28.9 Å². The lowest BCUT2D eigenvalue weighted by atomic mass is 10.1. The SMILES string of the molecule is Cc1cc(C)n(-c2cc(C=O)ccc2C)n1. The standard InChI is InChI=1S/C13H14N2O/c1-9-4-5-12(8-16)7-13(9)15-11(3)6-10(2)14-15/h4-8H,1-3H3. The quantitative estimate of drug-likeness (QED) is 0.720. The van der Waals surface area contributed by atoms with Crippen molar-refractivity contribution in [1.29, 1.82) is 0 Å². The van der Waals surface area contributed by atoms with E-state index in [1.807, 2.05) is 49.7 Å². The molecule has 1 aromatic carbocycles. The summed E-state index contributed by atoms with van der Waals surface area (Å²) in [5.74, 6) is 0. The van der Waals surface area contributed by atoms with Gasteiger partial charge in [-0.2, -0.15) is 5.10 Å². The van der Waals surface area contributed by atoms with Crippen LogP contribution < -0.4 is 0 Å². The summed E-state index contributed by atoms with van der Waals surface area (Å²) in [6.45, 7) is 5.98. The highest BCUT2D eigenvalue weighted by Crippen LogP contribution is 2.17. The summed E-state index contributed by atoms with van der Waals surface area (Å²) >= 11 is 0. The van der Waals surface area contributed by atoms with Crippen molar-refractivity contribution in [3.05, 3.63) is 46.8 Å². The van der Waals surface area contributed by atoms with Crippen molar-refractivity contribution in [2.75, 3.05) is 0 Å². The molecule has 0 aliphatic carbocycles.